The fourth-order valence-corrected chi connectivity index (χ4v) is 4.29. The topological polar surface area (TPSA) is 65.7 Å². The number of hydrogen-bond acceptors (Lipinski definition) is 5. The van der Waals surface area contributed by atoms with Crippen LogP contribution in [0.15, 0.2) is 108 Å². The number of rotatable bonds is 8. The molecule has 0 spiro atoms. The first kappa shape index (κ1) is 24.8. The third-order valence-corrected chi connectivity index (χ3v) is 6.16. The molecule has 188 valence electrons. The second-order valence-electron chi connectivity index (χ2n) is 8.69. The van der Waals surface area contributed by atoms with Crippen LogP contribution in [-0.2, 0) is 0 Å². The molecule has 0 aliphatic carbocycles. The first-order chi connectivity index (χ1) is 18.5. The van der Waals surface area contributed by atoms with Crippen molar-refractivity contribution in [2.45, 2.75) is 13.8 Å². The normalized spacial score (nSPS) is 11.1. The Morgan fingerprint density at radius 1 is 0.842 bits per heavy atom. The molecule has 5 heteroatoms. The fraction of sp³-hybridized carbons (Fsp3) is 0.0909. The zero-order valence-electron chi connectivity index (χ0n) is 21.1. The number of ether oxygens (including phenoxy) is 2. The smallest absolute Gasteiger partial charge is 0.347 e. The Bertz CT molecular complexity index is 1630. The van der Waals surface area contributed by atoms with Crippen LogP contribution in [0, 0.1) is 6.92 Å². The van der Waals surface area contributed by atoms with E-state index >= 15 is 0 Å². The van der Waals surface area contributed by atoms with E-state index in [0.29, 0.717) is 51.5 Å². The van der Waals surface area contributed by atoms with E-state index in [4.69, 9.17) is 13.9 Å². The van der Waals surface area contributed by atoms with Gasteiger partial charge in [-0.3, -0.25) is 4.79 Å². The lowest BCUT2D eigenvalue weighted by Gasteiger charge is -2.08. The maximum absolute atomic E-state index is 13.2. The lowest BCUT2D eigenvalue weighted by atomic mass is 10.0. The summed E-state index contributed by atoms with van der Waals surface area (Å²) in [5, 5.41) is 0.626. The van der Waals surface area contributed by atoms with Gasteiger partial charge in [-0.05, 0) is 61.4 Å². The summed E-state index contributed by atoms with van der Waals surface area (Å²) < 4.78 is 17.1. The third-order valence-electron chi connectivity index (χ3n) is 6.16. The lowest BCUT2D eigenvalue weighted by molar-refractivity contribution is 0.0734. The van der Waals surface area contributed by atoms with Crippen molar-refractivity contribution in [3.05, 3.63) is 126 Å². The summed E-state index contributed by atoms with van der Waals surface area (Å²) in [6.45, 7) is 4.14. The number of carbonyl (C=O) groups is 2. The Morgan fingerprint density at radius 2 is 1.55 bits per heavy atom. The number of aryl methyl sites for hydroxylation is 1. The van der Waals surface area contributed by atoms with Crippen molar-refractivity contribution in [2.24, 2.45) is 0 Å². The van der Waals surface area contributed by atoms with E-state index in [1.165, 1.54) is 6.08 Å². The molecule has 0 aliphatic rings. The Hall–Kier alpha value is -4.90. The zero-order chi connectivity index (χ0) is 26.5. The van der Waals surface area contributed by atoms with Crippen LogP contribution in [0.3, 0.4) is 0 Å². The standard InChI is InChI=1S/C33H26O5/c1-3-36-27-18-20-31-28(21-27)32(22(2)37-31)33(35)38-30-12-8-7-11-26(30)17-19-29(34)25-15-13-24(14-16-25)23-9-5-4-6-10-23/h4-21H,3H2,1-2H3/b19-17+. The number of para-hydroxylation sites is 1. The number of hydrogen-bond donors (Lipinski definition) is 0. The van der Waals surface area contributed by atoms with Crippen molar-refractivity contribution < 1.29 is 23.5 Å². The lowest BCUT2D eigenvalue weighted by Crippen LogP contribution is -2.10. The van der Waals surface area contributed by atoms with E-state index in [9.17, 15) is 9.59 Å². The van der Waals surface area contributed by atoms with Crippen molar-refractivity contribution in [2.75, 3.05) is 6.61 Å². The van der Waals surface area contributed by atoms with Gasteiger partial charge in [0.1, 0.15) is 28.4 Å². The minimum Gasteiger partial charge on any atom is -0.494 e. The van der Waals surface area contributed by atoms with Crippen LogP contribution in [0.2, 0.25) is 0 Å². The van der Waals surface area contributed by atoms with Gasteiger partial charge in [0.25, 0.3) is 0 Å². The van der Waals surface area contributed by atoms with Gasteiger partial charge in [-0.2, -0.15) is 0 Å². The van der Waals surface area contributed by atoms with Crippen molar-refractivity contribution in [1.82, 2.24) is 0 Å². The molecule has 0 N–H and O–H groups in total. The van der Waals surface area contributed by atoms with Gasteiger partial charge in [0.2, 0.25) is 0 Å². The van der Waals surface area contributed by atoms with Crippen LogP contribution >= 0.6 is 0 Å². The van der Waals surface area contributed by atoms with Gasteiger partial charge in [-0.15, -0.1) is 0 Å². The van der Waals surface area contributed by atoms with Gasteiger partial charge in [0.15, 0.2) is 5.78 Å². The predicted octanol–water partition coefficient (Wildman–Crippen LogP) is 7.92. The second kappa shape index (κ2) is 11.0. The van der Waals surface area contributed by atoms with Gasteiger partial charge in [0.05, 0.1) is 6.61 Å². The largest absolute Gasteiger partial charge is 0.494 e. The Kier molecular flexibility index (Phi) is 7.18. The SMILES string of the molecule is CCOc1ccc2oc(C)c(C(=O)Oc3ccccc3/C=C/C(=O)c3ccc(-c4ccccc4)cc3)c2c1. The molecule has 1 aromatic heterocycles. The molecule has 0 unspecified atom stereocenters. The average molecular weight is 503 g/mol. The van der Waals surface area contributed by atoms with Gasteiger partial charge in [0, 0.05) is 16.5 Å². The van der Waals surface area contributed by atoms with Crippen LogP contribution in [0.25, 0.3) is 28.2 Å². The highest BCUT2D eigenvalue weighted by Crippen LogP contribution is 2.31. The molecule has 0 amide bonds. The molecular weight excluding hydrogens is 476 g/mol. The summed E-state index contributed by atoms with van der Waals surface area (Å²) in [5.41, 5.74) is 4.23. The van der Waals surface area contributed by atoms with Crippen LogP contribution in [0.4, 0.5) is 0 Å². The van der Waals surface area contributed by atoms with Crippen LogP contribution in [0.5, 0.6) is 11.5 Å². The predicted molar refractivity (Wildman–Crippen MR) is 149 cm³/mol. The van der Waals surface area contributed by atoms with Crippen LogP contribution in [-0.4, -0.2) is 18.4 Å². The molecule has 5 rings (SSSR count). The van der Waals surface area contributed by atoms with E-state index in [1.807, 2.05) is 67.6 Å². The number of esters is 1. The maximum atomic E-state index is 13.2. The Labute approximate surface area is 220 Å². The van der Waals surface area contributed by atoms with Gasteiger partial charge < -0.3 is 13.9 Å². The van der Waals surface area contributed by atoms with Crippen LogP contribution in [0.1, 0.15) is 39.0 Å². The summed E-state index contributed by atoms with van der Waals surface area (Å²) >= 11 is 0. The summed E-state index contributed by atoms with van der Waals surface area (Å²) in [6, 6.07) is 29.9. The highest BCUT2D eigenvalue weighted by Gasteiger charge is 2.21. The van der Waals surface area contributed by atoms with Crippen molar-refractivity contribution in [3.63, 3.8) is 0 Å². The summed E-state index contributed by atoms with van der Waals surface area (Å²) in [5.74, 6) is 0.759. The summed E-state index contributed by atoms with van der Waals surface area (Å²) in [7, 11) is 0. The van der Waals surface area contributed by atoms with Crippen molar-refractivity contribution in [1.29, 1.82) is 0 Å². The molecule has 0 radical (unpaired) electrons. The van der Waals surface area contributed by atoms with Gasteiger partial charge in [-0.1, -0.05) is 72.8 Å². The minimum absolute atomic E-state index is 0.147. The highest BCUT2D eigenvalue weighted by molar-refractivity contribution is 6.08. The molecule has 0 saturated heterocycles. The molecule has 5 aromatic rings. The first-order valence-corrected chi connectivity index (χ1v) is 12.4. The number of allylic oxidation sites excluding steroid dienone is 1. The first-order valence-electron chi connectivity index (χ1n) is 12.4. The number of ketones is 1. The molecule has 38 heavy (non-hydrogen) atoms. The average Bonchev–Trinajstić information content (AvgIpc) is 3.28. The molecule has 0 atom stereocenters. The van der Waals surface area contributed by atoms with Crippen molar-refractivity contribution >= 4 is 28.8 Å². The maximum Gasteiger partial charge on any atom is 0.347 e. The highest BCUT2D eigenvalue weighted by atomic mass is 16.5. The second-order valence-corrected chi connectivity index (χ2v) is 8.69. The van der Waals surface area contributed by atoms with Gasteiger partial charge >= 0.3 is 5.97 Å². The number of furan rings is 1. The van der Waals surface area contributed by atoms with E-state index in [0.717, 1.165) is 11.1 Å². The van der Waals surface area contributed by atoms with E-state index in [-0.39, 0.29) is 5.78 Å². The van der Waals surface area contributed by atoms with E-state index < -0.39 is 5.97 Å². The Balaban J connectivity index is 1.35. The number of carbonyl (C=O) groups excluding carboxylic acids is 2. The molecule has 0 saturated carbocycles. The molecule has 5 nitrogen and oxygen atoms in total. The van der Waals surface area contributed by atoms with Crippen LogP contribution < -0.4 is 9.47 Å². The Morgan fingerprint density at radius 3 is 2.32 bits per heavy atom. The zero-order valence-corrected chi connectivity index (χ0v) is 21.1. The molecule has 0 fully saturated rings. The van der Waals surface area contributed by atoms with E-state index in [1.54, 1.807) is 49.4 Å². The fourth-order valence-electron chi connectivity index (χ4n) is 4.29. The number of benzene rings is 4. The molecule has 4 aromatic carbocycles. The molecule has 0 bridgehead atoms. The quantitative estimate of drug-likeness (QED) is 0.0933. The minimum atomic E-state index is -0.543. The summed E-state index contributed by atoms with van der Waals surface area (Å²) in [4.78, 5) is 26.1. The number of fused-ring (bicyclic) bond motifs is 1. The molecule has 1 heterocycles. The summed E-state index contributed by atoms with van der Waals surface area (Å²) in [6.07, 6.45) is 3.14. The molecular formula is C33H26O5. The monoisotopic (exact) mass is 502 g/mol. The van der Waals surface area contributed by atoms with Gasteiger partial charge in [-0.25, -0.2) is 4.79 Å². The molecule has 0 aliphatic heterocycles. The third kappa shape index (κ3) is 5.27. The van der Waals surface area contributed by atoms with E-state index in [2.05, 4.69) is 0 Å². The van der Waals surface area contributed by atoms with Crippen molar-refractivity contribution in [3.8, 4) is 22.6 Å².